The molecule has 1 aromatic carbocycles. The highest BCUT2D eigenvalue weighted by atomic mass is 79.9. The van der Waals surface area contributed by atoms with Crippen LogP contribution in [0.15, 0.2) is 27.5 Å². The second-order valence-electron chi connectivity index (χ2n) is 6.07. The lowest BCUT2D eigenvalue weighted by Crippen LogP contribution is -2.34. The number of halogens is 2. The molecule has 0 aliphatic rings. The van der Waals surface area contributed by atoms with Crippen LogP contribution in [0.4, 0.5) is 0 Å². The lowest BCUT2D eigenvalue weighted by atomic mass is 9.91. The summed E-state index contributed by atoms with van der Waals surface area (Å²) >= 11 is 9.45. The van der Waals surface area contributed by atoms with Crippen LogP contribution < -0.4 is 10.7 Å². The van der Waals surface area contributed by atoms with E-state index in [0.29, 0.717) is 17.0 Å². The zero-order valence-electron chi connectivity index (χ0n) is 12.6. The first-order valence-corrected chi connectivity index (χ1v) is 9.18. The molecule has 1 heterocycles. The molecule has 22 heavy (non-hydrogen) atoms. The minimum absolute atomic E-state index is 0.0712. The molecule has 2 rings (SSSR count). The smallest absolute Gasteiger partial charge is 0.251 e. The van der Waals surface area contributed by atoms with Crippen molar-refractivity contribution >= 4 is 49.4 Å². The zero-order chi connectivity index (χ0) is 16.7. The number of aromatic amines is 1. The molecule has 0 aliphatic carbocycles. The third-order valence-electron chi connectivity index (χ3n) is 3.79. The van der Waals surface area contributed by atoms with Gasteiger partial charge in [-0.1, -0.05) is 18.5 Å². The number of benzene rings is 1. The second kappa shape index (κ2) is 6.43. The largest absolute Gasteiger partial charge is 0.322 e. The van der Waals surface area contributed by atoms with Crippen molar-refractivity contribution in [1.82, 2.24) is 4.98 Å². The average molecular weight is 406 g/mol. The van der Waals surface area contributed by atoms with Crippen molar-refractivity contribution in [1.29, 1.82) is 0 Å². The third kappa shape index (κ3) is 3.62. The Bertz CT molecular complexity index is 804. The fraction of sp³-hybridized carbons (Fsp3) is 0.400. The van der Waals surface area contributed by atoms with Gasteiger partial charge in [0.25, 0.3) is 5.56 Å². The number of nitrogens with two attached hydrogens (primary N) is 1. The molecular weight excluding hydrogens is 388 g/mol. The highest BCUT2D eigenvalue weighted by Crippen LogP contribution is 2.30. The van der Waals surface area contributed by atoms with Crippen LogP contribution in [0, 0.1) is 0 Å². The average Bonchev–Trinajstić information content (AvgIpc) is 2.39. The van der Waals surface area contributed by atoms with Crippen LogP contribution in [0.3, 0.4) is 0 Å². The first-order chi connectivity index (χ1) is 10.1. The van der Waals surface area contributed by atoms with Crippen LogP contribution in [0.1, 0.15) is 38.7 Å². The molecule has 2 atom stereocenters. The van der Waals surface area contributed by atoms with Crippen LogP contribution in [0.5, 0.6) is 0 Å². The van der Waals surface area contributed by atoms with E-state index >= 15 is 0 Å². The Kier molecular flexibility index (Phi) is 5.16. The molecule has 3 N–H and O–H groups in total. The van der Waals surface area contributed by atoms with E-state index in [0.717, 1.165) is 15.4 Å². The maximum atomic E-state index is 12.3. The second-order valence-corrected chi connectivity index (χ2v) is 9.03. The highest BCUT2D eigenvalue weighted by Gasteiger charge is 2.27. The number of nitrogens with one attached hydrogen (secondary N) is 1. The maximum absolute atomic E-state index is 12.3. The predicted molar refractivity (Wildman–Crippen MR) is 96.7 cm³/mol. The van der Waals surface area contributed by atoms with Crippen molar-refractivity contribution in [3.05, 3.63) is 43.6 Å². The summed E-state index contributed by atoms with van der Waals surface area (Å²) in [7, 11) is -1.45. The standard InChI is InChI=1S/C15H18BrClN2O2S/c1-8(7-15(2,3)22(18)21)10-4-9-5-12(17)11(16)6-13(9)19-14(10)20/h4-6,8H,7,18H2,1-3H3,(H,19,20)/t8-,22?/m0/s1. The molecule has 0 saturated carbocycles. The number of fused-ring (bicyclic) bond motifs is 1. The van der Waals surface area contributed by atoms with Gasteiger partial charge in [0.15, 0.2) is 0 Å². The molecule has 120 valence electrons. The van der Waals surface area contributed by atoms with Gasteiger partial charge >= 0.3 is 0 Å². The third-order valence-corrected chi connectivity index (χ3v) is 6.24. The van der Waals surface area contributed by atoms with Crippen LogP contribution in [0.2, 0.25) is 5.02 Å². The molecule has 7 heteroatoms. The van der Waals surface area contributed by atoms with Crippen molar-refractivity contribution in [3.63, 3.8) is 0 Å². The van der Waals surface area contributed by atoms with E-state index in [1.54, 1.807) is 12.1 Å². The summed E-state index contributed by atoms with van der Waals surface area (Å²) in [6, 6.07) is 5.43. The Labute approximate surface area is 145 Å². The lowest BCUT2D eigenvalue weighted by molar-refractivity contribution is 0.538. The molecule has 0 spiro atoms. The minimum Gasteiger partial charge on any atom is -0.322 e. The summed E-state index contributed by atoms with van der Waals surface area (Å²) in [4.78, 5) is 15.2. The summed E-state index contributed by atoms with van der Waals surface area (Å²) in [6.07, 6.45) is 0.551. The van der Waals surface area contributed by atoms with E-state index in [-0.39, 0.29) is 11.5 Å². The van der Waals surface area contributed by atoms with E-state index in [4.69, 9.17) is 16.7 Å². The molecule has 1 aromatic heterocycles. The molecule has 0 bridgehead atoms. The van der Waals surface area contributed by atoms with Crippen LogP contribution >= 0.6 is 27.5 Å². The maximum Gasteiger partial charge on any atom is 0.251 e. The minimum atomic E-state index is -1.45. The fourth-order valence-electron chi connectivity index (χ4n) is 2.51. The van der Waals surface area contributed by atoms with Gasteiger partial charge in [0.05, 0.1) is 20.8 Å². The van der Waals surface area contributed by atoms with Crippen molar-refractivity contribution in [3.8, 4) is 0 Å². The van der Waals surface area contributed by atoms with Gasteiger partial charge in [0.2, 0.25) is 0 Å². The van der Waals surface area contributed by atoms with Gasteiger partial charge < -0.3 is 4.98 Å². The predicted octanol–water partition coefficient (Wildman–Crippen LogP) is 3.84. The number of hydrogen-bond donors (Lipinski definition) is 2. The van der Waals surface area contributed by atoms with Crippen molar-refractivity contribution < 1.29 is 4.21 Å². The van der Waals surface area contributed by atoms with Crippen LogP contribution in [-0.2, 0) is 11.0 Å². The van der Waals surface area contributed by atoms with Crippen LogP contribution in [-0.4, -0.2) is 13.9 Å². The summed E-state index contributed by atoms with van der Waals surface area (Å²) in [5.41, 5.74) is 1.22. The lowest BCUT2D eigenvalue weighted by Gasteiger charge is -2.25. The summed E-state index contributed by atoms with van der Waals surface area (Å²) < 4.78 is 11.8. The first-order valence-electron chi connectivity index (χ1n) is 6.80. The van der Waals surface area contributed by atoms with Crippen LogP contribution in [0.25, 0.3) is 10.9 Å². The molecule has 0 amide bonds. The molecule has 2 aromatic rings. The first kappa shape index (κ1) is 17.7. The van der Waals surface area contributed by atoms with Gasteiger partial charge in [-0.2, -0.15) is 0 Å². The number of aromatic nitrogens is 1. The topological polar surface area (TPSA) is 76.0 Å². The summed E-state index contributed by atoms with van der Waals surface area (Å²) in [5.74, 6) is -0.0712. The summed E-state index contributed by atoms with van der Waals surface area (Å²) in [5, 5.41) is 6.97. The quantitative estimate of drug-likeness (QED) is 0.811. The van der Waals surface area contributed by atoms with Crippen molar-refractivity contribution in [2.75, 3.05) is 0 Å². The molecule has 1 unspecified atom stereocenters. The summed E-state index contributed by atoms with van der Waals surface area (Å²) in [6.45, 7) is 5.61. The van der Waals surface area contributed by atoms with Gasteiger partial charge in [0, 0.05) is 20.9 Å². The Balaban J connectivity index is 2.47. The van der Waals surface area contributed by atoms with Gasteiger partial charge in [0.1, 0.15) is 0 Å². The van der Waals surface area contributed by atoms with Gasteiger partial charge in [-0.3, -0.25) is 9.93 Å². The van der Waals surface area contributed by atoms with Crippen molar-refractivity contribution in [2.45, 2.75) is 37.9 Å². The Morgan fingerprint density at radius 1 is 1.41 bits per heavy atom. The fourth-order valence-corrected chi connectivity index (χ4v) is 3.44. The molecule has 4 nitrogen and oxygen atoms in total. The molecule has 0 fully saturated rings. The van der Waals surface area contributed by atoms with E-state index in [1.165, 1.54) is 0 Å². The van der Waals surface area contributed by atoms with Gasteiger partial charge in [-0.05, 0) is 60.3 Å². The highest BCUT2D eigenvalue weighted by molar-refractivity contribution is 9.10. The van der Waals surface area contributed by atoms with E-state index in [1.807, 2.05) is 26.8 Å². The molecule has 0 radical (unpaired) electrons. The Morgan fingerprint density at radius 3 is 2.64 bits per heavy atom. The molecule has 0 aliphatic heterocycles. The van der Waals surface area contributed by atoms with E-state index in [9.17, 15) is 9.00 Å². The van der Waals surface area contributed by atoms with Gasteiger partial charge in [-0.25, -0.2) is 4.21 Å². The number of hydrogen-bond acceptors (Lipinski definition) is 2. The Morgan fingerprint density at radius 2 is 2.05 bits per heavy atom. The molecular formula is C15H18BrClN2O2S. The normalized spacial score (nSPS) is 15.0. The number of H-pyrrole nitrogens is 1. The molecule has 0 saturated heterocycles. The van der Waals surface area contributed by atoms with E-state index in [2.05, 4.69) is 20.9 Å². The number of rotatable bonds is 4. The van der Waals surface area contributed by atoms with Gasteiger partial charge in [-0.15, -0.1) is 0 Å². The monoisotopic (exact) mass is 404 g/mol. The van der Waals surface area contributed by atoms with Crippen molar-refractivity contribution in [2.24, 2.45) is 5.14 Å². The van der Waals surface area contributed by atoms with E-state index < -0.39 is 15.7 Å². The SMILES string of the molecule is C[C@@H](CC(C)(C)S(N)=O)c1cc2cc(Cl)c(Br)cc2[nH]c1=O. The zero-order valence-corrected chi connectivity index (χ0v) is 15.7. The Hall–Kier alpha value is -0.690. The number of pyridine rings is 1.